The van der Waals surface area contributed by atoms with Gasteiger partial charge in [0.25, 0.3) is 17.1 Å². The van der Waals surface area contributed by atoms with Crippen LogP contribution in [0.5, 0.6) is 5.75 Å². The fourth-order valence-corrected chi connectivity index (χ4v) is 4.96. The van der Waals surface area contributed by atoms with Crippen molar-refractivity contribution in [3.05, 3.63) is 130 Å². The standard InChI is InChI=1S/C34H25F6N3O6/c1-48-31(46)21-7-11-23(12-8-21)41-29(44)19-49-25-15-16-27-26(18-25)30(45)43(28(42-27)17-20-5-3-2-4-6-20)24-13-9-22(10-14-24)32(47,33(35,36)37)34(38,39)40/h2-16,18,47H,17,19H2,1H3,(H,41,44). The number of esters is 1. The number of nitrogens with zero attached hydrogens (tertiary/aromatic N) is 2. The molecule has 5 aromatic rings. The Morgan fingerprint density at radius 1 is 0.857 bits per heavy atom. The van der Waals surface area contributed by atoms with E-state index in [1.165, 1.54) is 49.6 Å². The highest BCUT2D eigenvalue weighted by molar-refractivity contribution is 5.93. The maximum atomic E-state index is 13.9. The molecule has 9 nitrogen and oxygen atoms in total. The lowest BCUT2D eigenvalue weighted by Gasteiger charge is -2.32. The third-order valence-electron chi connectivity index (χ3n) is 7.44. The Labute approximate surface area is 273 Å². The molecule has 49 heavy (non-hydrogen) atoms. The maximum absolute atomic E-state index is 13.9. The highest BCUT2D eigenvalue weighted by Gasteiger charge is 2.71. The molecule has 0 radical (unpaired) electrons. The summed E-state index contributed by atoms with van der Waals surface area (Å²) in [5.41, 5.74) is -5.94. The van der Waals surface area contributed by atoms with Gasteiger partial charge < -0.3 is 19.9 Å². The molecule has 0 aliphatic carbocycles. The van der Waals surface area contributed by atoms with E-state index in [0.29, 0.717) is 23.4 Å². The summed E-state index contributed by atoms with van der Waals surface area (Å²) in [6.45, 7) is -0.485. The number of ether oxygens (including phenoxy) is 2. The first kappa shape index (κ1) is 34.6. The van der Waals surface area contributed by atoms with E-state index in [1.54, 1.807) is 30.3 Å². The minimum absolute atomic E-state index is 0.0284. The van der Waals surface area contributed by atoms with Gasteiger partial charge in [0.15, 0.2) is 6.61 Å². The fourth-order valence-electron chi connectivity index (χ4n) is 4.96. The zero-order valence-corrected chi connectivity index (χ0v) is 25.3. The lowest BCUT2D eigenvalue weighted by Crippen LogP contribution is -2.53. The van der Waals surface area contributed by atoms with Gasteiger partial charge >= 0.3 is 18.3 Å². The van der Waals surface area contributed by atoms with Gasteiger partial charge in [-0.3, -0.25) is 14.2 Å². The van der Waals surface area contributed by atoms with Crippen LogP contribution >= 0.6 is 0 Å². The maximum Gasteiger partial charge on any atom is 0.430 e. The number of benzene rings is 4. The van der Waals surface area contributed by atoms with Crippen LogP contribution in [-0.2, 0) is 21.6 Å². The van der Waals surface area contributed by atoms with Crippen molar-refractivity contribution in [2.45, 2.75) is 24.4 Å². The molecule has 0 bridgehead atoms. The zero-order valence-electron chi connectivity index (χ0n) is 25.3. The Morgan fingerprint density at radius 2 is 1.49 bits per heavy atom. The molecule has 1 heterocycles. The third kappa shape index (κ3) is 7.11. The van der Waals surface area contributed by atoms with Crippen LogP contribution < -0.4 is 15.6 Å². The Hall–Kier alpha value is -5.70. The van der Waals surface area contributed by atoms with Gasteiger partial charge in [-0.05, 0) is 60.2 Å². The average molecular weight is 686 g/mol. The van der Waals surface area contributed by atoms with E-state index in [1.807, 2.05) is 0 Å². The molecule has 5 rings (SSSR count). The van der Waals surface area contributed by atoms with Gasteiger partial charge in [0.2, 0.25) is 0 Å². The van der Waals surface area contributed by atoms with E-state index in [0.717, 1.165) is 16.7 Å². The predicted molar refractivity (Wildman–Crippen MR) is 165 cm³/mol. The normalized spacial score (nSPS) is 12.1. The largest absolute Gasteiger partial charge is 0.484 e. The number of anilines is 1. The van der Waals surface area contributed by atoms with Gasteiger partial charge in [0.05, 0.1) is 29.3 Å². The first-order chi connectivity index (χ1) is 23.1. The summed E-state index contributed by atoms with van der Waals surface area (Å²) in [6.07, 6.45) is -12.1. The number of methoxy groups -OCH3 is 1. The SMILES string of the molecule is COC(=O)c1ccc(NC(=O)COc2ccc3nc(Cc4ccccc4)n(-c4ccc(C(O)(C(F)(F)F)C(F)(F)F)cc4)c(=O)c3c2)cc1. The van der Waals surface area contributed by atoms with Crippen molar-refractivity contribution in [1.82, 2.24) is 9.55 Å². The predicted octanol–water partition coefficient (Wildman–Crippen LogP) is 6.09. The van der Waals surface area contributed by atoms with Crippen LogP contribution in [0.15, 0.2) is 102 Å². The monoisotopic (exact) mass is 685 g/mol. The topological polar surface area (TPSA) is 120 Å². The minimum Gasteiger partial charge on any atom is -0.484 e. The zero-order chi connectivity index (χ0) is 35.6. The second kappa shape index (κ2) is 13.4. The van der Waals surface area contributed by atoms with Crippen molar-refractivity contribution in [3.63, 3.8) is 0 Å². The van der Waals surface area contributed by atoms with Crippen molar-refractivity contribution in [2.75, 3.05) is 19.0 Å². The number of fused-ring (bicyclic) bond motifs is 1. The second-order valence-corrected chi connectivity index (χ2v) is 10.7. The molecule has 2 N–H and O–H groups in total. The number of carbonyl (C=O) groups excluding carboxylic acids is 2. The Morgan fingerprint density at radius 3 is 2.08 bits per heavy atom. The molecule has 254 valence electrons. The number of alkyl halides is 6. The van der Waals surface area contributed by atoms with Crippen molar-refractivity contribution < 1.29 is 50.5 Å². The molecule has 0 atom stereocenters. The Bertz CT molecular complexity index is 2030. The van der Waals surface area contributed by atoms with Gasteiger partial charge in [-0.2, -0.15) is 26.3 Å². The molecule has 0 spiro atoms. The molecular formula is C34H25F6N3O6. The minimum atomic E-state index is -6.09. The lowest BCUT2D eigenvalue weighted by molar-refractivity contribution is -0.376. The molecule has 0 saturated carbocycles. The Kier molecular flexibility index (Phi) is 9.49. The van der Waals surface area contributed by atoms with E-state index in [2.05, 4.69) is 15.0 Å². The van der Waals surface area contributed by atoms with Gasteiger partial charge in [0, 0.05) is 17.7 Å². The summed E-state index contributed by atoms with van der Waals surface area (Å²) >= 11 is 0. The van der Waals surface area contributed by atoms with Crippen LogP contribution in [0.3, 0.4) is 0 Å². The summed E-state index contributed by atoms with van der Waals surface area (Å²) in [7, 11) is 1.23. The number of hydrogen-bond acceptors (Lipinski definition) is 7. The molecule has 0 saturated heterocycles. The fraction of sp³-hybridized carbons (Fsp3) is 0.176. The summed E-state index contributed by atoms with van der Waals surface area (Å²) in [4.78, 5) is 42.6. The number of halogens is 6. The quantitative estimate of drug-likeness (QED) is 0.142. The summed E-state index contributed by atoms with van der Waals surface area (Å²) in [5, 5.41) is 12.4. The van der Waals surface area contributed by atoms with Crippen LogP contribution in [0.1, 0.15) is 27.3 Å². The van der Waals surface area contributed by atoms with Crippen molar-refractivity contribution in [1.29, 1.82) is 0 Å². The number of nitrogens with one attached hydrogen (secondary N) is 1. The number of hydrogen-bond donors (Lipinski definition) is 2. The molecule has 1 amide bonds. The summed E-state index contributed by atoms with van der Waals surface area (Å²) < 4.78 is 92.1. The first-order valence-electron chi connectivity index (χ1n) is 14.3. The molecule has 4 aromatic carbocycles. The lowest BCUT2D eigenvalue weighted by atomic mass is 9.92. The van der Waals surface area contributed by atoms with Crippen molar-refractivity contribution in [2.24, 2.45) is 0 Å². The molecule has 15 heteroatoms. The van der Waals surface area contributed by atoms with E-state index in [9.17, 15) is 45.8 Å². The van der Waals surface area contributed by atoms with Crippen molar-refractivity contribution in [3.8, 4) is 11.4 Å². The molecule has 0 unspecified atom stereocenters. The van der Waals surface area contributed by atoms with E-state index in [-0.39, 0.29) is 40.1 Å². The van der Waals surface area contributed by atoms with Gasteiger partial charge in [0.1, 0.15) is 11.6 Å². The molecule has 1 aromatic heterocycles. The van der Waals surface area contributed by atoms with Crippen molar-refractivity contribution >= 4 is 28.5 Å². The van der Waals surface area contributed by atoms with Gasteiger partial charge in [-0.1, -0.05) is 42.5 Å². The average Bonchev–Trinajstić information content (AvgIpc) is 3.07. The molecule has 0 aliphatic heterocycles. The van der Waals surface area contributed by atoms with Crippen LogP contribution in [0.25, 0.3) is 16.6 Å². The molecule has 0 fully saturated rings. The third-order valence-corrected chi connectivity index (χ3v) is 7.44. The second-order valence-electron chi connectivity index (χ2n) is 10.7. The summed E-state index contributed by atoms with van der Waals surface area (Å²) in [5.74, 6) is -0.923. The van der Waals surface area contributed by atoms with Gasteiger partial charge in [-0.25, -0.2) is 9.78 Å². The number of aromatic nitrogens is 2. The number of aliphatic hydroxyl groups is 1. The smallest absolute Gasteiger partial charge is 0.430 e. The number of amides is 1. The van der Waals surface area contributed by atoms with E-state index < -0.39 is 47.6 Å². The van der Waals surface area contributed by atoms with E-state index in [4.69, 9.17) is 4.74 Å². The number of carbonyl (C=O) groups is 2. The summed E-state index contributed by atoms with van der Waals surface area (Å²) in [6, 6.07) is 21.4. The first-order valence-corrected chi connectivity index (χ1v) is 14.3. The molecule has 0 aliphatic rings. The van der Waals surface area contributed by atoms with Crippen LogP contribution in [0.2, 0.25) is 0 Å². The van der Waals surface area contributed by atoms with E-state index >= 15 is 0 Å². The molecular weight excluding hydrogens is 660 g/mol. The number of rotatable bonds is 9. The van der Waals surface area contributed by atoms with Crippen LogP contribution in [-0.4, -0.2) is 52.6 Å². The highest BCUT2D eigenvalue weighted by atomic mass is 19.4. The van der Waals surface area contributed by atoms with Crippen LogP contribution in [0, 0.1) is 0 Å². The highest BCUT2D eigenvalue weighted by Crippen LogP contribution is 2.50. The van der Waals surface area contributed by atoms with Gasteiger partial charge in [-0.15, -0.1) is 0 Å². The Balaban J connectivity index is 1.47. The van der Waals surface area contributed by atoms with Crippen LogP contribution in [0.4, 0.5) is 32.0 Å².